The average molecular weight is 451 g/mol. The van der Waals surface area contributed by atoms with Gasteiger partial charge in [-0.1, -0.05) is 38.1 Å². The molecule has 2 aromatic carbocycles. The highest BCUT2D eigenvalue weighted by Crippen LogP contribution is 2.25. The lowest BCUT2D eigenvalue weighted by atomic mass is 10.0. The van der Waals surface area contributed by atoms with Crippen LogP contribution in [0.1, 0.15) is 35.7 Å². The van der Waals surface area contributed by atoms with Gasteiger partial charge in [0, 0.05) is 36.2 Å². The lowest BCUT2D eigenvalue weighted by Crippen LogP contribution is -2.50. The van der Waals surface area contributed by atoms with Crippen molar-refractivity contribution in [3.05, 3.63) is 64.1 Å². The highest BCUT2D eigenvalue weighted by molar-refractivity contribution is 9.10. The number of nitrogens with zero attached hydrogens (tertiary/aromatic N) is 2. The molecule has 0 N–H and O–H groups in total. The largest absolute Gasteiger partial charge is 0.336 e. The molecule has 0 saturated carbocycles. The molecule has 0 atom stereocenters. The molecule has 1 aliphatic rings. The first-order valence-electron chi connectivity index (χ1n) is 8.94. The van der Waals surface area contributed by atoms with E-state index in [4.69, 9.17) is 0 Å². The van der Waals surface area contributed by atoms with Gasteiger partial charge in [0.2, 0.25) is 10.0 Å². The molecule has 0 unspecified atom stereocenters. The Morgan fingerprint density at radius 1 is 0.963 bits per heavy atom. The van der Waals surface area contributed by atoms with E-state index in [-0.39, 0.29) is 10.8 Å². The molecule has 0 aromatic heterocycles. The Morgan fingerprint density at radius 2 is 1.56 bits per heavy atom. The van der Waals surface area contributed by atoms with Crippen molar-refractivity contribution in [2.24, 2.45) is 0 Å². The van der Waals surface area contributed by atoms with Gasteiger partial charge in [0.05, 0.1) is 4.90 Å². The maximum absolute atomic E-state index is 12.8. The summed E-state index contributed by atoms with van der Waals surface area (Å²) in [5, 5.41) is 0. The number of sulfonamides is 1. The van der Waals surface area contributed by atoms with E-state index in [1.165, 1.54) is 9.87 Å². The Bertz CT molecular complexity index is 918. The molecule has 1 heterocycles. The summed E-state index contributed by atoms with van der Waals surface area (Å²) >= 11 is 3.31. The van der Waals surface area contributed by atoms with E-state index in [1.807, 2.05) is 24.3 Å². The van der Waals surface area contributed by atoms with E-state index < -0.39 is 10.0 Å². The normalized spacial score (nSPS) is 15.9. The first-order valence-corrected chi connectivity index (χ1v) is 11.2. The van der Waals surface area contributed by atoms with E-state index in [0.29, 0.717) is 42.1 Å². The summed E-state index contributed by atoms with van der Waals surface area (Å²) in [6.07, 6.45) is 0. The molecule has 1 saturated heterocycles. The summed E-state index contributed by atoms with van der Waals surface area (Å²) in [4.78, 5) is 14.7. The van der Waals surface area contributed by atoms with Crippen molar-refractivity contribution >= 4 is 31.9 Å². The molecule has 2 aromatic rings. The zero-order valence-electron chi connectivity index (χ0n) is 15.4. The van der Waals surface area contributed by atoms with Crippen LogP contribution < -0.4 is 0 Å². The summed E-state index contributed by atoms with van der Waals surface area (Å²) < 4.78 is 27.7. The Labute approximate surface area is 169 Å². The third kappa shape index (κ3) is 4.25. The summed E-state index contributed by atoms with van der Waals surface area (Å²) in [5.74, 6) is 0.364. The van der Waals surface area contributed by atoms with Crippen LogP contribution in [0, 0.1) is 0 Å². The van der Waals surface area contributed by atoms with E-state index in [9.17, 15) is 13.2 Å². The average Bonchev–Trinajstić information content (AvgIpc) is 2.68. The molecular formula is C20H23BrN2O3S. The summed E-state index contributed by atoms with van der Waals surface area (Å²) in [6.45, 7) is 5.57. The minimum Gasteiger partial charge on any atom is -0.336 e. The SMILES string of the molecule is CC(C)c1ccc(C(=O)N2CCN(S(=O)(=O)c3ccccc3Br)CC2)cc1. The molecule has 1 fully saturated rings. The third-order valence-electron chi connectivity index (χ3n) is 4.80. The molecule has 0 radical (unpaired) electrons. The van der Waals surface area contributed by atoms with Crippen LogP contribution in [0.25, 0.3) is 0 Å². The summed E-state index contributed by atoms with van der Waals surface area (Å²) in [5.41, 5.74) is 1.83. The number of piperazine rings is 1. The van der Waals surface area contributed by atoms with Crippen molar-refractivity contribution in [3.8, 4) is 0 Å². The first kappa shape index (κ1) is 20.0. The van der Waals surface area contributed by atoms with Crippen LogP contribution in [0.5, 0.6) is 0 Å². The van der Waals surface area contributed by atoms with Gasteiger partial charge >= 0.3 is 0 Å². The number of halogens is 1. The molecule has 144 valence electrons. The predicted molar refractivity (Wildman–Crippen MR) is 109 cm³/mol. The minimum absolute atomic E-state index is 0.0526. The van der Waals surface area contributed by atoms with Crippen LogP contribution in [0.2, 0.25) is 0 Å². The Morgan fingerprint density at radius 3 is 2.11 bits per heavy atom. The Balaban J connectivity index is 1.68. The highest BCUT2D eigenvalue weighted by Gasteiger charge is 2.31. The van der Waals surface area contributed by atoms with Crippen molar-refractivity contribution in [1.82, 2.24) is 9.21 Å². The molecule has 5 nitrogen and oxygen atoms in total. The Kier molecular flexibility index (Phi) is 6.03. The van der Waals surface area contributed by atoms with Gasteiger partial charge in [-0.15, -0.1) is 0 Å². The number of hydrogen-bond donors (Lipinski definition) is 0. The van der Waals surface area contributed by atoms with Gasteiger partial charge in [-0.3, -0.25) is 4.79 Å². The third-order valence-corrected chi connectivity index (χ3v) is 7.72. The van der Waals surface area contributed by atoms with E-state index >= 15 is 0 Å². The van der Waals surface area contributed by atoms with E-state index in [2.05, 4.69) is 29.8 Å². The topological polar surface area (TPSA) is 57.7 Å². The van der Waals surface area contributed by atoms with Gasteiger partial charge in [0.1, 0.15) is 0 Å². The second-order valence-corrected chi connectivity index (χ2v) is 9.66. The fourth-order valence-electron chi connectivity index (χ4n) is 3.12. The molecule has 0 spiro atoms. The van der Waals surface area contributed by atoms with Crippen LogP contribution in [0.3, 0.4) is 0 Å². The van der Waals surface area contributed by atoms with Gasteiger partial charge in [-0.05, 0) is 51.7 Å². The van der Waals surface area contributed by atoms with E-state index in [0.717, 1.165) is 0 Å². The van der Waals surface area contributed by atoms with Gasteiger partial charge in [-0.25, -0.2) is 8.42 Å². The van der Waals surface area contributed by atoms with E-state index in [1.54, 1.807) is 29.2 Å². The monoisotopic (exact) mass is 450 g/mol. The smallest absolute Gasteiger partial charge is 0.253 e. The summed E-state index contributed by atoms with van der Waals surface area (Å²) in [6, 6.07) is 14.4. The molecule has 0 aliphatic carbocycles. The summed E-state index contributed by atoms with van der Waals surface area (Å²) in [7, 11) is -3.57. The number of benzene rings is 2. The van der Waals surface area contributed by atoms with Crippen molar-refractivity contribution in [2.75, 3.05) is 26.2 Å². The first-order chi connectivity index (χ1) is 12.8. The van der Waals surface area contributed by atoms with Crippen molar-refractivity contribution in [3.63, 3.8) is 0 Å². The second kappa shape index (κ2) is 8.12. The molecule has 7 heteroatoms. The number of carbonyl (C=O) groups excluding carboxylic acids is 1. The van der Waals surface area contributed by atoms with Crippen LogP contribution in [-0.4, -0.2) is 49.7 Å². The maximum Gasteiger partial charge on any atom is 0.253 e. The lowest BCUT2D eigenvalue weighted by molar-refractivity contribution is 0.0698. The molecule has 1 aliphatic heterocycles. The van der Waals surface area contributed by atoms with Crippen LogP contribution >= 0.6 is 15.9 Å². The highest BCUT2D eigenvalue weighted by atomic mass is 79.9. The fourth-order valence-corrected chi connectivity index (χ4v) is 5.50. The van der Waals surface area contributed by atoms with Crippen molar-refractivity contribution in [1.29, 1.82) is 0 Å². The fraction of sp³-hybridized carbons (Fsp3) is 0.350. The van der Waals surface area contributed by atoms with Crippen molar-refractivity contribution in [2.45, 2.75) is 24.7 Å². The standard InChI is InChI=1S/C20H23BrN2O3S/c1-15(2)16-7-9-17(10-8-16)20(24)22-11-13-23(14-12-22)27(25,26)19-6-4-3-5-18(19)21/h3-10,15H,11-14H2,1-2H3. The lowest BCUT2D eigenvalue weighted by Gasteiger charge is -2.34. The number of hydrogen-bond acceptors (Lipinski definition) is 3. The van der Waals surface area contributed by atoms with Crippen LogP contribution in [-0.2, 0) is 10.0 Å². The number of carbonyl (C=O) groups is 1. The number of amides is 1. The van der Waals surface area contributed by atoms with Crippen molar-refractivity contribution < 1.29 is 13.2 Å². The molecule has 3 rings (SSSR count). The van der Waals surface area contributed by atoms with Crippen LogP contribution in [0.15, 0.2) is 57.9 Å². The van der Waals surface area contributed by atoms with Gasteiger partial charge in [0.15, 0.2) is 0 Å². The quantitative estimate of drug-likeness (QED) is 0.712. The zero-order valence-corrected chi connectivity index (χ0v) is 17.8. The second-order valence-electron chi connectivity index (χ2n) is 6.90. The minimum atomic E-state index is -3.57. The van der Waals surface area contributed by atoms with Gasteiger partial charge in [0.25, 0.3) is 5.91 Å². The van der Waals surface area contributed by atoms with Crippen LogP contribution in [0.4, 0.5) is 0 Å². The molecule has 1 amide bonds. The zero-order chi connectivity index (χ0) is 19.6. The van der Waals surface area contributed by atoms with Gasteiger partial charge in [-0.2, -0.15) is 4.31 Å². The molecule has 0 bridgehead atoms. The predicted octanol–water partition coefficient (Wildman–Crippen LogP) is 3.72. The van der Waals surface area contributed by atoms with Gasteiger partial charge < -0.3 is 4.90 Å². The maximum atomic E-state index is 12.8. The number of rotatable bonds is 4. The Hall–Kier alpha value is -1.70. The molecular weight excluding hydrogens is 428 g/mol. The molecule has 27 heavy (non-hydrogen) atoms.